The van der Waals surface area contributed by atoms with Crippen molar-refractivity contribution in [3.05, 3.63) is 41.4 Å². The predicted octanol–water partition coefficient (Wildman–Crippen LogP) is 3.30. The fourth-order valence-electron chi connectivity index (χ4n) is 1.22. The van der Waals surface area contributed by atoms with E-state index < -0.39 is 9.05 Å². The van der Waals surface area contributed by atoms with Gasteiger partial charge in [-0.25, -0.2) is 8.42 Å². The zero-order valence-electron chi connectivity index (χ0n) is 7.91. The highest BCUT2D eigenvalue weighted by Crippen LogP contribution is 2.22. The standard InChI is InChI=1S/C10H10Cl2O2S/c1-8(11)6-7-9-4-2-3-5-10(9)15(12,13)14/h2-5H,1,6-7H2. The number of hydrogen-bond acceptors (Lipinski definition) is 2. The Kier molecular flexibility index (Phi) is 4.20. The molecule has 0 aliphatic heterocycles. The van der Waals surface area contributed by atoms with E-state index in [1.54, 1.807) is 18.2 Å². The molecular weight excluding hydrogens is 255 g/mol. The molecule has 0 bridgehead atoms. The summed E-state index contributed by atoms with van der Waals surface area (Å²) in [7, 11) is 1.61. The lowest BCUT2D eigenvalue weighted by Gasteiger charge is -2.05. The molecule has 1 rings (SSSR count). The number of hydrogen-bond donors (Lipinski definition) is 0. The smallest absolute Gasteiger partial charge is 0.207 e. The lowest BCUT2D eigenvalue weighted by Crippen LogP contribution is -1.97. The molecule has 0 atom stereocenters. The van der Waals surface area contributed by atoms with Gasteiger partial charge in [-0.1, -0.05) is 36.4 Å². The van der Waals surface area contributed by atoms with Gasteiger partial charge in [0.25, 0.3) is 9.05 Å². The van der Waals surface area contributed by atoms with Gasteiger partial charge < -0.3 is 0 Å². The number of allylic oxidation sites excluding steroid dienone is 1. The van der Waals surface area contributed by atoms with E-state index in [1.165, 1.54) is 6.07 Å². The monoisotopic (exact) mass is 264 g/mol. The summed E-state index contributed by atoms with van der Waals surface area (Å²) in [5, 5.41) is 0.497. The molecule has 2 nitrogen and oxygen atoms in total. The summed E-state index contributed by atoms with van der Waals surface area (Å²) < 4.78 is 22.4. The van der Waals surface area contributed by atoms with E-state index in [-0.39, 0.29) is 4.90 Å². The Morgan fingerprint density at radius 2 is 1.93 bits per heavy atom. The summed E-state index contributed by atoms with van der Waals surface area (Å²) >= 11 is 5.62. The van der Waals surface area contributed by atoms with Gasteiger partial charge in [0.15, 0.2) is 0 Å². The van der Waals surface area contributed by atoms with Crippen molar-refractivity contribution in [2.24, 2.45) is 0 Å². The topological polar surface area (TPSA) is 34.1 Å². The Morgan fingerprint density at radius 3 is 2.47 bits per heavy atom. The summed E-state index contributed by atoms with van der Waals surface area (Å²) in [6, 6.07) is 6.59. The van der Waals surface area contributed by atoms with Gasteiger partial charge in [-0.3, -0.25) is 0 Å². The Labute approximate surface area is 98.9 Å². The molecule has 15 heavy (non-hydrogen) atoms. The Hall–Kier alpha value is -0.510. The molecule has 82 valence electrons. The van der Waals surface area contributed by atoms with Crippen molar-refractivity contribution in [2.45, 2.75) is 17.7 Å². The lowest BCUT2D eigenvalue weighted by atomic mass is 10.1. The highest BCUT2D eigenvalue weighted by Gasteiger charge is 2.14. The van der Waals surface area contributed by atoms with Crippen LogP contribution in [0.4, 0.5) is 0 Å². The fourth-order valence-corrected chi connectivity index (χ4v) is 2.49. The van der Waals surface area contributed by atoms with Crippen LogP contribution in [0.3, 0.4) is 0 Å². The molecule has 0 unspecified atom stereocenters. The minimum atomic E-state index is -3.68. The largest absolute Gasteiger partial charge is 0.261 e. The third kappa shape index (κ3) is 3.86. The summed E-state index contributed by atoms with van der Waals surface area (Å²) in [5.41, 5.74) is 0.661. The van der Waals surface area contributed by atoms with E-state index in [0.717, 1.165) is 0 Å². The maximum Gasteiger partial charge on any atom is 0.261 e. The van der Waals surface area contributed by atoms with Crippen LogP contribution in [0, 0.1) is 0 Å². The van der Waals surface area contributed by atoms with Crippen molar-refractivity contribution in [1.29, 1.82) is 0 Å². The molecule has 0 aliphatic rings. The molecule has 0 N–H and O–H groups in total. The minimum Gasteiger partial charge on any atom is -0.207 e. The average Bonchev–Trinajstić information content (AvgIpc) is 2.13. The molecule has 1 aromatic rings. The van der Waals surface area contributed by atoms with Crippen LogP contribution in [-0.2, 0) is 15.5 Å². The predicted molar refractivity (Wildman–Crippen MR) is 62.8 cm³/mol. The number of aryl methyl sites for hydroxylation is 1. The van der Waals surface area contributed by atoms with Crippen LogP contribution in [0.15, 0.2) is 40.8 Å². The Balaban J connectivity index is 3.02. The van der Waals surface area contributed by atoms with Crippen molar-refractivity contribution in [2.75, 3.05) is 0 Å². The van der Waals surface area contributed by atoms with E-state index >= 15 is 0 Å². The lowest BCUT2D eigenvalue weighted by molar-refractivity contribution is 0.608. The SMILES string of the molecule is C=C(Cl)CCc1ccccc1S(=O)(=O)Cl. The Bertz CT molecular complexity index is 466. The molecule has 0 spiro atoms. The molecule has 0 amide bonds. The first-order valence-corrected chi connectivity index (χ1v) is 6.96. The van der Waals surface area contributed by atoms with Crippen LogP contribution < -0.4 is 0 Å². The fraction of sp³-hybridized carbons (Fsp3) is 0.200. The normalized spacial score (nSPS) is 11.3. The van der Waals surface area contributed by atoms with Crippen molar-refractivity contribution in [3.8, 4) is 0 Å². The summed E-state index contributed by atoms with van der Waals surface area (Å²) in [5.74, 6) is 0. The van der Waals surface area contributed by atoms with Gasteiger partial charge in [0.05, 0.1) is 4.90 Å². The molecule has 0 heterocycles. The van der Waals surface area contributed by atoms with E-state index in [1.807, 2.05) is 0 Å². The van der Waals surface area contributed by atoms with Gasteiger partial charge in [0.2, 0.25) is 0 Å². The van der Waals surface area contributed by atoms with E-state index in [0.29, 0.717) is 23.4 Å². The molecule has 0 aliphatic carbocycles. The number of halogens is 2. The van der Waals surface area contributed by atoms with Gasteiger partial charge in [-0.15, -0.1) is 0 Å². The molecule has 5 heteroatoms. The number of rotatable bonds is 4. The molecule has 0 saturated carbocycles. The highest BCUT2D eigenvalue weighted by molar-refractivity contribution is 8.13. The first-order chi connectivity index (χ1) is 6.91. The number of benzene rings is 1. The van der Waals surface area contributed by atoms with E-state index in [9.17, 15) is 8.42 Å². The van der Waals surface area contributed by atoms with Crippen molar-refractivity contribution in [3.63, 3.8) is 0 Å². The summed E-state index contributed by atoms with van der Waals surface area (Å²) in [6.45, 7) is 3.55. The minimum absolute atomic E-state index is 0.143. The summed E-state index contributed by atoms with van der Waals surface area (Å²) in [4.78, 5) is 0.143. The molecule has 0 aromatic heterocycles. The highest BCUT2D eigenvalue weighted by atomic mass is 35.7. The van der Waals surface area contributed by atoms with Crippen molar-refractivity contribution in [1.82, 2.24) is 0 Å². The van der Waals surface area contributed by atoms with Gasteiger partial charge in [-0.2, -0.15) is 0 Å². The molecule has 0 fully saturated rings. The molecule has 0 saturated heterocycles. The van der Waals surface area contributed by atoms with Crippen LogP contribution in [0.5, 0.6) is 0 Å². The third-order valence-corrected chi connectivity index (χ3v) is 3.51. The van der Waals surface area contributed by atoms with Crippen LogP contribution in [0.25, 0.3) is 0 Å². The van der Waals surface area contributed by atoms with Gasteiger partial charge in [0.1, 0.15) is 0 Å². The van der Waals surface area contributed by atoms with Crippen molar-refractivity contribution < 1.29 is 8.42 Å². The van der Waals surface area contributed by atoms with Crippen LogP contribution in [0.1, 0.15) is 12.0 Å². The molecule has 1 aromatic carbocycles. The average molecular weight is 265 g/mol. The quantitative estimate of drug-likeness (QED) is 0.783. The summed E-state index contributed by atoms with van der Waals surface area (Å²) in [6.07, 6.45) is 1.05. The maximum atomic E-state index is 11.2. The van der Waals surface area contributed by atoms with Crippen LogP contribution in [0.2, 0.25) is 0 Å². The second-order valence-corrected chi connectivity index (χ2v) is 6.13. The van der Waals surface area contributed by atoms with Crippen LogP contribution in [-0.4, -0.2) is 8.42 Å². The third-order valence-electron chi connectivity index (χ3n) is 1.90. The Morgan fingerprint density at radius 1 is 1.33 bits per heavy atom. The first kappa shape index (κ1) is 12.6. The first-order valence-electron chi connectivity index (χ1n) is 4.27. The second-order valence-electron chi connectivity index (χ2n) is 3.06. The van der Waals surface area contributed by atoms with Crippen molar-refractivity contribution >= 4 is 31.3 Å². The zero-order valence-corrected chi connectivity index (χ0v) is 10.2. The zero-order chi connectivity index (χ0) is 11.5. The van der Waals surface area contributed by atoms with E-state index in [4.69, 9.17) is 22.3 Å². The van der Waals surface area contributed by atoms with Gasteiger partial charge in [-0.05, 0) is 24.5 Å². The van der Waals surface area contributed by atoms with Gasteiger partial charge in [0, 0.05) is 15.7 Å². The van der Waals surface area contributed by atoms with Gasteiger partial charge >= 0.3 is 0 Å². The molecular formula is C10H10Cl2O2S. The van der Waals surface area contributed by atoms with E-state index in [2.05, 4.69) is 6.58 Å². The second kappa shape index (κ2) is 5.01. The maximum absolute atomic E-state index is 11.2. The molecule has 0 radical (unpaired) electrons. The van der Waals surface area contributed by atoms with Crippen LogP contribution >= 0.6 is 22.3 Å².